The third kappa shape index (κ3) is 3.67. The fourth-order valence-electron chi connectivity index (χ4n) is 1.05. The molecule has 1 aliphatic carbocycles. The summed E-state index contributed by atoms with van der Waals surface area (Å²) < 4.78 is 10.6. The fraction of sp³-hybridized carbons (Fsp3) is 0.333. The number of allylic oxidation sites excluding steroid dienone is 3. The molecular formula is C12H15NO3. The SMILES string of the molecule is CNC(=O)OC1=CC=C=CC=C1OC(C)C. The van der Waals surface area contributed by atoms with Gasteiger partial charge in [0.1, 0.15) is 0 Å². The van der Waals surface area contributed by atoms with Crippen LogP contribution in [0.3, 0.4) is 0 Å². The molecule has 4 heteroatoms. The maximum absolute atomic E-state index is 11.1. The number of amides is 1. The Morgan fingerprint density at radius 3 is 2.50 bits per heavy atom. The summed E-state index contributed by atoms with van der Waals surface area (Å²) in [5, 5.41) is 2.38. The smallest absolute Gasteiger partial charge is 0.412 e. The molecule has 0 aliphatic heterocycles. The van der Waals surface area contributed by atoms with Gasteiger partial charge < -0.3 is 14.8 Å². The predicted molar refractivity (Wildman–Crippen MR) is 60.6 cm³/mol. The first-order valence-corrected chi connectivity index (χ1v) is 5.03. The maximum Gasteiger partial charge on any atom is 0.412 e. The average molecular weight is 221 g/mol. The molecule has 0 saturated carbocycles. The molecular weight excluding hydrogens is 206 g/mol. The van der Waals surface area contributed by atoms with E-state index in [1.165, 1.54) is 7.05 Å². The van der Waals surface area contributed by atoms with E-state index in [1.54, 1.807) is 24.3 Å². The van der Waals surface area contributed by atoms with E-state index in [9.17, 15) is 4.79 Å². The Kier molecular flexibility index (Phi) is 4.42. The summed E-state index contributed by atoms with van der Waals surface area (Å²) in [7, 11) is 1.50. The van der Waals surface area contributed by atoms with Gasteiger partial charge in [-0.2, -0.15) is 0 Å². The Morgan fingerprint density at radius 1 is 1.31 bits per heavy atom. The molecule has 0 bridgehead atoms. The molecule has 0 heterocycles. The normalized spacial score (nSPS) is 14.0. The van der Waals surface area contributed by atoms with E-state index in [2.05, 4.69) is 11.0 Å². The zero-order valence-corrected chi connectivity index (χ0v) is 9.61. The number of carbonyl (C=O) groups excluding carboxylic acids is 1. The van der Waals surface area contributed by atoms with Crippen LogP contribution in [0.2, 0.25) is 0 Å². The molecule has 0 aromatic rings. The molecule has 0 aromatic carbocycles. The van der Waals surface area contributed by atoms with Crippen molar-refractivity contribution in [1.29, 1.82) is 0 Å². The summed E-state index contributed by atoms with van der Waals surface area (Å²) in [5.41, 5.74) is 2.88. The monoisotopic (exact) mass is 221 g/mol. The minimum atomic E-state index is -0.528. The van der Waals surface area contributed by atoms with E-state index < -0.39 is 6.09 Å². The van der Waals surface area contributed by atoms with Crippen LogP contribution < -0.4 is 5.32 Å². The second-order valence-corrected chi connectivity index (χ2v) is 3.37. The van der Waals surface area contributed by atoms with E-state index in [0.717, 1.165) is 0 Å². The number of rotatable bonds is 3. The molecule has 1 N–H and O–H groups in total. The number of hydrogen-bond donors (Lipinski definition) is 1. The van der Waals surface area contributed by atoms with Crippen LogP contribution in [-0.4, -0.2) is 19.2 Å². The molecule has 86 valence electrons. The molecule has 0 atom stereocenters. The van der Waals surface area contributed by atoms with Gasteiger partial charge in [0.05, 0.1) is 6.10 Å². The lowest BCUT2D eigenvalue weighted by atomic mass is 10.3. The lowest BCUT2D eigenvalue weighted by molar-refractivity contribution is 0.123. The van der Waals surface area contributed by atoms with Gasteiger partial charge in [0.25, 0.3) is 0 Å². The van der Waals surface area contributed by atoms with Gasteiger partial charge in [0, 0.05) is 7.05 Å². The highest BCUT2D eigenvalue weighted by atomic mass is 16.6. The van der Waals surface area contributed by atoms with Gasteiger partial charge in [0.2, 0.25) is 0 Å². The lowest BCUT2D eigenvalue weighted by Gasteiger charge is -2.15. The molecule has 1 rings (SSSR count). The number of ether oxygens (including phenoxy) is 2. The molecule has 4 nitrogen and oxygen atoms in total. The van der Waals surface area contributed by atoms with Crippen molar-refractivity contribution in [3.05, 3.63) is 41.6 Å². The first-order chi connectivity index (χ1) is 7.63. The summed E-state index contributed by atoms with van der Waals surface area (Å²) in [5.74, 6) is 0.883. The van der Waals surface area contributed by atoms with Gasteiger partial charge in [-0.1, -0.05) is 0 Å². The topological polar surface area (TPSA) is 47.6 Å². The van der Waals surface area contributed by atoms with Crippen molar-refractivity contribution in [1.82, 2.24) is 5.32 Å². The van der Waals surface area contributed by atoms with Crippen LogP contribution in [0, 0.1) is 0 Å². The molecule has 0 radical (unpaired) electrons. The second-order valence-electron chi connectivity index (χ2n) is 3.37. The summed E-state index contributed by atoms with van der Waals surface area (Å²) in [4.78, 5) is 11.1. The van der Waals surface area contributed by atoms with Crippen molar-refractivity contribution in [3.63, 3.8) is 0 Å². The van der Waals surface area contributed by atoms with Crippen LogP contribution in [0.4, 0.5) is 4.79 Å². The number of carbonyl (C=O) groups is 1. The third-order valence-electron chi connectivity index (χ3n) is 1.67. The number of alkyl carbamates (subject to hydrolysis) is 1. The highest BCUT2D eigenvalue weighted by Gasteiger charge is 2.13. The predicted octanol–water partition coefficient (Wildman–Crippen LogP) is 2.26. The second kappa shape index (κ2) is 5.83. The van der Waals surface area contributed by atoms with Crippen LogP contribution in [-0.2, 0) is 9.47 Å². The zero-order valence-electron chi connectivity index (χ0n) is 9.61. The van der Waals surface area contributed by atoms with Crippen molar-refractivity contribution in [3.8, 4) is 0 Å². The van der Waals surface area contributed by atoms with Crippen molar-refractivity contribution in [2.24, 2.45) is 0 Å². The van der Waals surface area contributed by atoms with Gasteiger partial charge >= 0.3 is 6.09 Å². The van der Waals surface area contributed by atoms with E-state index >= 15 is 0 Å². The largest absolute Gasteiger partial charge is 0.487 e. The number of hydrogen-bond acceptors (Lipinski definition) is 3. The molecule has 0 spiro atoms. The Bertz CT molecular complexity index is 385. The van der Waals surface area contributed by atoms with Crippen molar-refractivity contribution in [2.75, 3.05) is 7.05 Å². The van der Waals surface area contributed by atoms with E-state index in [4.69, 9.17) is 9.47 Å². The standard InChI is InChI=1S/C12H15NO3/c1-9(2)15-10-7-5-4-6-8-11(10)16-12(14)13-3/h5-9H,1-3H3,(H,13,14). The van der Waals surface area contributed by atoms with Gasteiger partial charge in [-0.3, -0.25) is 0 Å². The van der Waals surface area contributed by atoms with Crippen molar-refractivity contribution >= 4 is 6.09 Å². The molecule has 0 unspecified atom stereocenters. The van der Waals surface area contributed by atoms with Gasteiger partial charge in [-0.25, -0.2) is 4.79 Å². The van der Waals surface area contributed by atoms with Crippen LogP contribution >= 0.6 is 0 Å². The molecule has 0 saturated heterocycles. The van der Waals surface area contributed by atoms with Gasteiger partial charge in [-0.15, -0.1) is 5.73 Å². The van der Waals surface area contributed by atoms with Crippen molar-refractivity contribution < 1.29 is 14.3 Å². The first-order valence-electron chi connectivity index (χ1n) is 5.03. The highest BCUT2D eigenvalue weighted by Crippen LogP contribution is 2.17. The summed E-state index contributed by atoms with van der Waals surface area (Å²) >= 11 is 0. The summed E-state index contributed by atoms with van der Waals surface area (Å²) in [6, 6.07) is 0. The van der Waals surface area contributed by atoms with Crippen molar-refractivity contribution in [2.45, 2.75) is 20.0 Å². The minimum Gasteiger partial charge on any atom is -0.487 e. The molecule has 0 fully saturated rings. The van der Waals surface area contributed by atoms with Crippen LogP contribution in [0.1, 0.15) is 13.8 Å². The average Bonchev–Trinajstić information content (AvgIpc) is 2.44. The van der Waals surface area contributed by atoms with E-state index in [1.807, 2.05) is 13.8 Å². The highest BCUT2D eigenvalue weighted by molar-refractivity contribution is 5.68. The Morgan fingerprint density at radius 2 is 1.94 bits per heavy atom. The number of nitrogens with one attached hydrogen (secondary N) is 1. The van der Waals surface area contributed by atoms with Gasteiger partial charge in [-0.05, 0) is 38.2 Å². The Hall–Kier alpha value is -1.93. The Balaban J connectivity index is 2.82. The summed E-state index contributed by atoms with van der Waals surface area (Å²) in [6.45, 7) is 3.81. The Labute approximate surface area is 94.9 Å². The van der Waals surface area contributed by atoms with E-state index in [0.29, 0.717) is 11.5 Å². The van der Waals surface area contributed by atoms with Gasteiger partial charge in [0.15, 0.2) is 11.5 Å². The first kappa shape index (κ1) is 12.1. The quantitative estimate of drug-likeness (QED) is 0.743. The maximum atomic E-state index is 11.1. The third-order valence-corrected chi connectivity index (χ3v) is 1.67. The zero-order chi connectivity index (χ0) is 12.0. The summed E-state index contributed by atoms with van der Waals surface area (Å²) in [6.07, 6.45) is 6.18. The molecule has 0 aromatic heterocycles. The van der Waals surface area contributed by atoms with E-state index in [-0.39, 0.29) is 6.10 Å². The lowest BCUT2D eigenvalue weighted by Crippen LogP contribution is -2.20. The van der Waals surface area contributed by atoms with Crippen LogP contribution in [0.15, 0.2) is 41.6 Å². The van der Waals surface area contributed by atoms with Crippen LogP contribution in [0.5, 0.6) is 0 Å². The minimum absolute atomic E-state index is 0.00874. The molecule has 1 amide bonds. The molecule has 16 heavy (non-hydrogen) atoms. The molecule has 1 aliphatic rings. The van der Waals surface area contributed by atoms with Crippen LogP contribution in [0.25, 0.3) is 0 Å². The fourth-order valence-corrected chi connectivity index (χ4v) is 1.05.